The zero-order valence-electron chi connectivity index (χ0n) is 29.5. The lowest BCUT2D eigenvalue weighted by atomic mass is 9.89. The number of benzene rings is 2. The normalized spacial score (nSPS) is 19.0. The third kappa shape index (κ3) is 10.3. The Kier molecular flexibility index (Phi) is 14.2. The number of carbonyl (C=O) groups excluding carboxylic acids is 3. The first-order valence-electron chi connectivity index (χ1n) is 16.8. The number of nitriles is 1. The van der Waals surface area contributed by atoms with Gasteiger partial charge in [-0.15, -0.1) is 11.8 Å². The number of aromatic nitrogens is 3. The molecule has 3 atom stereocenters. The van der Waals surface area contributed by atoms with Gasteiger partial charge in [0.05, 0.1) is 42.3 Å². The van der Waals surface area contributed by atoms with Gasteiger partial charge in [-0.3, -0.25) is 9.69 Å². The molecule has 0 bridgehead atoms. The van der Waals surface area contributed by atoms with E-state index in [1.165, 1.54) is 53.4 Å². The van der Waals surface area contributed by atoms with Crippen LogP contribution >= 0.6 is 11.8 Å². The molecule has 1 N–H and O–H groups in total. The Hall–Kier alpha value is -5.81. The molecule has 56 heavy (non-hydrogen) atoms. The molecule has 0 spiro atoms. The molecular formula is C37H34F3N5O10S. The fourth-order valence-corrected chi connectivity index (χ4v) is 7.02. The number of halogens is 3. The SMILES string of the molecule is CC(SC1COC(/C=C/C=C/c2ccc(C#N)cc2F)OC1)C(Cn1cncn1)(OC(=O)OCOC(CC=O)C(=O)C1=CCN1C(=O)O)c1ccc(F)cc1F. The van der Waals surface area contributed by atoms with Gasteiger partial charge in [-0.05, 0) is 43.3 Å². The molecule has 5 rings (SSSR count). The Bertz CT molecular complexity index is 2030. The Morgan fingerprint density at radius 3 is 2.55 bits per heavy atom. The molecule has 1 fully saturated rings. The molecule has 0 saturated carbocycles. The summed E-state index contributed by atoms with van der Waals surface area (Å²) in [5.41, 5.74) is -1.93. The van der Waals surface area contributed by atoms with E-state index in [0.29, 0.717) is 12.4 Å². The van der Waals surface area contributed by atoms with Gasteiger partial charge in [0.1, 0.15) is 42.5 Å². The van der Waals surface area contributed by atoms with Crippen molar-refractivity contribution in [2.75, 3.05) is 26.6 Å². The van der Waals surface area contributed by atoms with Gasteiger partial charge >= 0.3 is 12.2 Å². The number of amides is 1. The fourth-order valence-electron chi connectivity index (χ4n) is 5.66. The van der Waals surface area contributed by atoms with Gasteiger partial charge in [-0.1, -0.05) is 24.3 Å². The van der Waals surface area contributed by atoms with Gasteiger partial charge in [0.15, 0.2) is 18.7 Å². The number of carboxylic acid groups (broad SMARTS) is 1. The van der Waals surface area contributed by atoms with Crippen molar-refractivity contribution in [3.63, 3.8) is 0 Å². The monoisotopic (exact) mass is 797 g/mol. The third-order valence-corrected chi connectivity index (χ3v) is 9.98. The van der Waals surface area contributed by atoms with Crippen molar-refractivity contribution >= 4 is 42.2 Å². The highest BCUT2D eigenvalue weighted by Gasteiger charge is 2.47. The van der Waals surface area contributed by atoms with E-state index in [9.17, 15) is 33.1 Å². The van der Waals surface area contributed by atoms with Crippen LogP contribution in [-0.2, 0) is 45.4 Å². The van der Waals surface area contributed by atoms with E-state index in [4.69, 9.17) is 28.9 Å². The van der Waals surface area contributed by atoms with Gasteiger partial charge in [0.2, 0.25) is 5.78 Å². The number of carbonyl (C=O) groups is 4. The van der Waals surface area contributed by atoms with E-state index in [1.54, 1.807) is 25.2 Å². The summed E-state index contributed by atoms with van der Waals surface area (Å²) in [6, 6.07) is 8.71. The van der Waals surface area contributed by atoms with Crippen LogP contribution in [0.5, 0.6) is 0 Å². The van der Waals surface area contributed by atoms with Crippen molar-refractivity contribution in [3.8, 4) is 6.07 Å². The average molecular weight is 798 g/mol. The zero-order chi connectivity index (χ0) is 40.2. The quantitative estimate of drug-likeness (QED) is 0.0818. The summed E-state index contributed by atoms with van der Waals surface area (Å²) in [7, 11) is 0. The third-order valence-electron chi connectivity index (χ3n) is 8.54. The summed E-state index contributed by atoms with van der Waals surface area (Å²) in [6.07, 6.45) is 5.00. The van der Waals surface area contributed by atoms with Crippen molar-refractivity contribution in [2.45, 2.75) is 48.4 Å². The molecule has 2 aliphatic rings. The molecular weight excluding hydrogens is 763 g/mol. The Morgan fingerprint density at radius 2 is 1.93 bits per heavy atom. The van der Waals surface area contributed by atoms with Crippen molar-refractivity contribution in [3.05, 3.63) is 113 Å². The van der Waals surface area contributed by atoms with Gasteiger partial charge in [0, 0.05) is 35.4 Å². The second-order valence-corrected chi connectivity index (χ2v) is 13.8. The summed E-state index contributed by atoms with van der Waals surface area (Å²) in [6.45, 7) is 0.598. The van der Waals surface area contributed by atoms with Crippen LogP contribution in [0.15, 0.2) is 79.1 Å². The number of thioether (sulfide) groups is 1. The van der Waals surface area contributed by atoms with E-state index in [1.807, 2.05) is 6.07 Å². The van der Waals surface area contributed by atoms with E-state index in [-0.39, 0.29) is 48.7 Å². The molecule has 294 valence electrons. The first kappa shape index (κ1) is 41.4. The number of ketones is 1. The summed E-state index contributed by atoms with van der Waals surface area (Å²) in [5, 5.41) is 21.0. The molecule has 3 unspecified atom stereocenters. The van der Waals surface area contributed by atoms with Gasteiger partial charge in [-0.25, -0.2) is 32.4 Å². The predicted octanol–water partition coefficient (Wildman–Crippen LogP) is 5.13. The lowest BCUT2D eigenvalue weighted by molar-refractivity contribution is -0.146. The number of allylic oxidation sites excluding steroid dienone is 2. The van der Waals surface area contributed by atoms with Crippen molar-refractivity contribution < 1.29 is 61.1 Å². The molecule has 0 aliphatic carbocycles. The largest absolute Gasteiger partial charge is 0.511 e. The van der Waals surface area contributed by atoms with Crippen LogP contribution in [0.2, 0.25) is 0 Å². The summed E-state index contributed by atoms with van der Waals surface area (Å²) >= 11 is 1.20. The van der Waals surface area contributed by atoms with E-state index in [0.717, 1.165) is 23.1 Å². The number of nitrogens with zero attached hydrogens (tertiary/aromatic N) is 5. The molecule has 0 radical (unpaired) electrons. The highest BCUT2D eigenvalue weighted by molar-refractivity contribution is 8.00. The van der Waals surface area contributed by atoms with Crippen LogP contribution in [0.3, 0.4) is 0 Å². The van der Waals surface area contributed by atoms with Crippen LogP contribution in [0.25, 0.3) is 6.08 Å². The number of rotatable bonds is 17. The molecule has 1 amide bonds. The highest BCUT2D eigenvalue weighted by Crippen LogP contribution is 2.42. The molecule has 2 aromatic carbocycles. The van der Waals surface area contributed by atoms with E-state index >= 15 is 4.39 Å². The topological polar surface area (TPSA) is 192 Å². The van der Waals surface area contributed by atoms with Gasteiger partial charge in [-0.2, -0.15) is 10.4 Å². The minimum absolute atomic E-state index is 0.0311. The number of aldehydes is 1. The molecule has 1 saturated heterocycles. The van der Waals surface area contributed by atoms with Crippen molar-refractivity contribution in [1.29, 1.82) is 5.26 Å². The maximum Gasteiger partial charge on any atom is 0.511 e. The number of hydrogen-bond acceptors (Lipinski definition) is 13. The van der Waals surface area contributed by atoms with Crippen LogP contribution < -0.4 is 0 Å². The molecule has 19 heteroatoms. The van der Waals surface area contributed by atoms with E-state index in [2.05, 4.69) is 10.1 Å². The van der Waals surface area contributed by atoms with Crippen LogP contribution in [0, 0.1) is 28.8 Å². The number of ether oxygens (including phenoxy) is 5. The minimum Gasteiger partial charge on any atom is -0.465 e. The summed E-state index contributed by atoms with van der Waals surface area (Å²) in [5.74, 6) is -3.32. The van der Waals surface area contributed by atoms with Gasteiger partial charge in [0.25, 0.3) is 0 Å². The van der Waals surface area contributed by atoms with Crippen molar-refractivity contribution in [1.82, 2.24) is 19.7 Å². The molecule has 3 aromatic rings. The maximum atomic E-state index is 15.7. The number of Topliss-reactive ketones (excluding diaryl/α,β-unsaturated/α-hetero) is 1. The Morgan fingerprint density at radius 1 is 1.14 bits per heavy atom. The molecule has 2 aliphatic heterocycles. The smallest absolute Gasteiger partial charge is 0.465 e. The lowest BCUT2D eigenvalue weighted by Crippen LogP contribution is -2.47. The summed E-state index contributed by atoms with van der Waals surface area (Å²) < 4.78 is 73.4. The van der Waals surface area contributed by atoms with E-state index < -0.39 is 77.2 Å². The second-order valence-electron chi connectivity index (χ2n) is 12.2. The first-order valence-corrected chi connectivity index (χ1v) is 17.7. The first-order chi connectivity index (χ1) is 26.9. The number of hydrogen-bond donors (Lipinski definition) is 1. The Labute approximate surface area is 321 Å². The van der Waals surface area contributed by atoms with Gasteiger partial charge < -0.3 is 33.6 Å². The fraction of sp³-hybridized carbons (Fsp3) is 0.324. The standard InChI is InChI=1S/C37H34F3N5O10S/c1-23(56-27-17-51-33(52-18-27)5-3-2-4-25-7-6-24(16-41)14-29(25)39)37(19-44-21-42-20-43-44,28-9-8-26(38)15-30(28)40)55-36(50)54-22-53-32(11-13-46)34(47)31-10-12-45(31)35(48)49/h2-10,13-15,20-21,23,27,32-33H,11-12,17-19,22H2,1H3,(H,48,49)/b4-2+,5-3+. The zero-order valence-corrected chi connectivity index (χ0v) is 30.4. The predicted molar refractivity (Wildman–Crippen MR) is 190 cm³/mol. The molecule has 1 aromatic heterocycles. The Balaban J connectivity index is 1.28. The molecule has 3 heterocycles. The maximum absolute atomic E-state index is 15.7. The summed E-state index contributed by atoms with van der Waals surface area (Å²) in [4.78, 5) is 53.5. The average Bonchev–Trinajstić information content (AvgIpc) is 3.66. The van der Waals surface area contributed by atoms with Crippen LogP contribution in [0.1, 0.15) is 30.0 Å². The van der Waals surface area contributed by atoms with Crippen molar-refractivity contribution in [2.24, 2.45) is 0 Å². The lowest BCUT2D eigenvalue weighted by Gasteiger charge is -2.40. The second kappa shape index (κ2) is 19.2. The van der Waals surface area contributed by atoms with Crippen LogP contribution in [-0.4, -0.2) is 98.5 Å². The highest BCUT2D eigenvalue weighted by atomic mass is 32.2. The minimum atomic E-state index is -1.97. The molecule has 15 nitrogen and oxygen atoms in total. The van der Waals surface area contributed by atoms with Crippen LogP contribution in [0.4, 0.5) is 22.8 Å².